The Morgan fingerprint density at radius 2 is 1.89 bits per heavy atom. The number of aromatic nitrogens is 2. The van der Waals surface area contributed by atoms with Crippen molar-refractivity contribution in [1.29, 1.82) is 0 Å². The summed E-state index contributed by atoms with van der Waals surface area (Å²) in [7, 11) is 3.95. The molecule has 96 valence electrons. The molecule has 1 atom stereocenters. The van der Waals surface area contributed by atoms with Crippen LogP contribution in [0.15, 0.2) is 42.7 Å². The van der Waals surface area contributed by atoms with Gasteiger partial charge in [0.1, 0.15) is 0 Å². The van der Waals surface area contributed by atoms with E-state index in [1.807, 2.05) is 25.0 Å². The summed E-state index contributed by atoms with van der Waals surface area (Å²) in [4.78, 5) is 0. The van der Waals surface area contributed by atoms with Gasteiger partial charge in [-0.15, -0.1) is 0 Å². The third-order valence-electron chi connectivity index (χ3n) is 3.59. The third kappa shape index (κ3) is 2.31. The molecule has 3 nitrogen and oxygen atoms in total. The second-order valence-corrected chi connectivity index (χ2v) is 5.26. The van der Waals surface area contributed by atoms with Gasteiger partial charge in [-0.2, -0.15) is 5.10 Å². The van der Waals surface area contributed by atoms with Crippen LogP contribution in [0.4, 0.5) is 0 Å². The summed E-state index contributed by atoms with van der Waals surface area (Å²) in [6, 6.07) is 10.8. The molecule has 18 heavy (non-hydrogen) atoms. The largest absolute Gasteiger partial charge is 0.312 e. The topological polar surface area (TPSA) is 29.9 Å². The number of hydrogen-bond acceptors (Lipinski definition) is 2. The van der Waals surface area contributed by atoms with E-state index in [2.05, 4.69) is 60.8 Å². The molecule has 1 aromatic carbocycles. The van der Waals surface area contributed by atoms with Gasteiger partial charge in [-0.05, 0) is 12.6 Å². The summed E-state index contributed by atoms with van der Waals surface area (Å²) in [5, 5.41) is 7.69. The molecule has 0 aliphatic rings. The average Bonchev–Trinajstić information content (AvgIpc) is 2.77. The Bertz CT molecular complexity index is 499. The maximum atomic E-state index is 4.27. The predicted octanol–water partition coefficient (Wildman–Crippen LogP) is 2.66. The van der Waals surface area contributed by atoms with Crippen LogP contribution in [0, 0.1) is 0 Å². The Hall–Kier alpha value is -1.61. The molecule has 1 heterocycles. The van der Waals surface area contributed by atoms with E-state index in [-0.39, 0.29) is 11.5 Å². The van der Waals surface area contributed by atoms with Crippen molar-refractivity contribution in [2.45, 2.75) is 25.3 Å². The van der Waals surface area contributed by atoms with Crippen LogP contribution in [0.5, 0.6) is 0 Å². The minimum Gasteiger partial charge on any atom is -0.312 e. The molecule has 0 bridgehead atoms. The highest BCUT2D eigenvalue weighted by molar-refractivity contribution is 5.30. The highest BCUT2D eigenvalue weighted by Crippen LogP contribution is 2.36. The highest BCUT2D eigenvalue weighted by Gasteiger charge is 2.32. The normalized spacial score (nSPS) is 13.6. The highest BCUT2D eigenvalue weighted by atomic mass is 15.2. The lowest BCUT2D eigenvalue weighted by atomic mass is 9.75. The molecule has 2 rings (SSSR count). The van der Waals surface area contributed by atoms with Gasteiger partial charge in [0.2, 0.25) is 0 Å². The molecule has 1 aromatic heterocycles. The van der Waals surface area contributed by atoms with E-state index >= 15 is 0 Å². The smallest absolute Gasteiger partial charge is 0.0537 e. The number of rotatable bonds is 4. The van der Waals surface area contributed by atoms with Crippen LogP contribution in [-0.4, -0.2) is 16.8 Å². The molecule has 0 fully saturated rings. The molecule has 0 amide bonds. The second-order valence-electron chi connectivity index (χ2n) is 5.26. The molecule has 1 N–H and O–H groups in total. The molecular formula is C15H21N3. The average molecular weight is 243 g/mol. The molecule has 0 radical (unpaired) electrons. The molecule has 0 aliphatic heterocycles. The maximum Gasteiger partial charge on any atom is 0.0537 e. The van der Waals surface area contributed by atoms with Crippen LogP contribution in [0.25, 0.3) is 0 Å². The summed E-state index contributed by atoms with van der Waals surface area (Å²) in [6.45, 7) is 4.52. The van der Waals surface area contributed by atoms with Gasteiger partial charge in [0.05, 0.1) is 6.20 Å². The van der Waals surface area contributed by atoms with Gasteiger partial charge in [0.15, 0.2) is 0 Å². The Morgan fingerprint density at radius 1 is 1.22 bits per heavy atom. The van der Waals surface area contributed by atoms with Gasteiger partial charge in [-0.1, -0.05) is 44.2 Å². The zero-order valence-corrected chi connectivity index (χ0v) is 11.5. The fourth-order valence-electron chi connectivity index (χ4n) is 2.57. The first-order valence-corrected chi connectivity index (χ1v) is 6.27. The van der Waals surface area contributed by atoms with Crippen molar-refractivity contribution in [1.82, 2.24) is 15.1 Å². The van der Waals surface area contributed by atoms with Gasteiger partial charge in [-0.3, -0.25) is 4.68 Å². The number of likely N-dealkylation sites (N-methyl/N-ethyl adjacent to an activating group) is 1. The van der Waals surface area contributed by atoms with E-state index in [0.717, 1.165) is 0 Å². The molecule has 1 unspecified atom stereocenters. The monoisotopic (exact) mass is 243 g/mol. The van der Waals surface area contributed by atoms with Crippen molar-refractivity contribution in [3.8, 4) is 0 Å². The standard InChI is InChI=1S/C15H21N3/c1-15(2,13-8-6-5-7-9-13)14(16-3)12-10-17-18(4)11-12/h5-11,14,16H,1-4H3. The van der Waals surface area contributed by atoms with Crippen LogP contribution < -0.4 is 5.32 Å². The second kappa shape index (κ2) is 4.94. The Morgan fingerprint density at radius 3 is 2.39 bits per heavy atom. The zero-order chi connectivity index (χ0) is 13.2. The summed E-state index contributed by atoms with van der Waals surface area (Å²) in [5.74, 6) is 0. The number of hydrogen-bond donors (Lipinski definition) is 1. The molecule has 0 spiro atoms. The molecule has 0 aliphatic carbocycles. The van der Waals surface area contributed by atoms with Gasteiger partial charge < -0.3 is 5.32 Å². The molecule has 0 saturated heterocycles. The first kappa shape index (κ1) is 12.8. The first-order chi connectivity index (χ1) is 8.55. The predicted molar refractivity (Wildman–Crippen MR) is 74.5 cm³/mol. The third-order valence-corrected chi connectivity index (χ3v) is 3.59. The van der Waals surface area contributed by atoms with Gasteiger partial charge in [0.25, 0.3) is 0 Å². The fourth-order valence-corrected chi connectivity index (χ4v) is 2.57. The first-order valence-electron chi connectivity index (χ1n) is 6.27. The molecule has 3 heteroatoms. The van der Waals surface area contributed by atoms with E-state index in [4.69, 9.17) is 0 Å². The van der Waals surface area contributed by atoms with Gasteiger partial charge in [0, 0.05) is 30.3 Å². The van der Waals surface area contributed by atoms with Crippen LogP contribution in [0.2, 0.25) is 0 Å². The van der Waals surface area contributed by atoms with Gasteiger partial charge >= 0.3 is 0 Å². The lowest BCUT2D eigenvalue weighted by molar-refractivity contribution is 0.368. The van der Waals surface area contributed by atoms with Crippen molar-refractivity contribution >= 4 is 0 Å². The van der Waals surface area contributed by atoms with Crippen molar-refractivity contribution in [2.75, 3.05) is 7.05 Å². The van der Waals surface area contributed by atoms with E-state index < -0.39 is 0 Å². The Kier molecular flexibility index (Phi) is 3.53. The van der Waals surface area contributed by atoms with Crippen LogP contribution in [-0.2, 0) is 12.5 Å². The number of aryl methyl sites for hydroxylation is 1. The SMILES string of the molecule is CNC(c1cnn(C)c1)C(C)(C)c1ccccc1. The van der Waals surface area contributed by atoms with Crippen molar-refractivity contribution in [3.05, 3.63) is 53.9 Å². The summed E-state index contributed by atoms with van der Waals surface area (Å²) in [5.41, 5.74) is 2.56. The lowest BCUT2D eigenvalue weighted by Gasteiger charge is -2.34. The fraction of sp³-hybridized carbons (Fsp3) is 0.400. The molecule has 2 aromatic rings. The van der Waals surface area contributed by atoms with Crippen LogP contribution >= 0.6 is 0 Å². The number of nitrogens with zero attached hydrogens (tertiary/aromatic N) is 2. The van der Waals surface area contributed by atoms with Crippen LogP contribution in [0.1, 0.15) is 31.0 Å². The van der Waals surface area contributed by atoms with Gasteiger partial charge in [-0.25, -0.2) is 0 Å². The van der Waals surface area contributed by atoms with Crippen molar-refractivity contribution < 1.29 is 0 Å². The lowest BCUT2D eigenvalue weighted by Crippen LogP contribution is -2.35. The Labute approximate surface area is 109 Å². The minimum atomic E-state index is 0.0129. The molecular weight excluding hydrogens is 222 g/mol. The maximum absolute atomic E-state index is 4.27. The Balaban J connectivity index is 2.38. The quantitative estimate of drug-likeness (QED) is 0.894. The van der Waals surface area contributed by atoms with Crippen molar-refractivity contribution in [3.63, 3.8) is 0 Å². The van der Waals surface area contributed by atoms with E-state index in [0.29, 0.717) is 0 Å². The zero-order valence-electron chi connectivity index (χ0n) is 11.5. The molecule has 0 saturated carbocycles. The summed E-state index contributed by atoms with van der Waals surface area (Å²) < 4.78 is 1.85. The van der Waals surface area contributed by atoms with E-state index in [1.54, 1.807) is 0 Å². The van der Waals surface area contributed by atoms with E-state index in [1.165, 1.54) is 11.1 Å². The summed E-state index contributed by atoms with van der Waals surface area (Å²) in [6.07, 6.45) is 4.01. The number of nitrogens with one attached hydrogen (secondary N) is 1. The minimum absolute atomic E-state index is 0.0129. The van der Waals surface area contributed by atoms with Crippen LogP contribution in [0.3, 0.4) is 0 Å². The van der Waals surface area contributed by atoms with Crippen molar-refractivity contribution in [2.24, 2.45) is 7.05 Å². The number of benzene rings is 1. The van der Waals surface area contributed by atoms with E-state index in [9.17, 15) is 0 Å². The summed E-state index contributed by atoms with van der Waals surface area (Å²) >= 11 is 0.